The maximum Gasteiger partial charge on any atom is 0.229 e. The number of ether oxygens (including phenoxy) is 1. The molecule has 6 rings (SSSR count). The number of aromatic nitrogens is 3. The first-order chi connectivity index (χ1) is 17.4. The second-order valence-electron chi connectivity index (χ2n) is 10.5. The third-order valence-electron chi connectivity index (χ3n) is 7.90. The monoisotopic (exact) mass is 508 g/mol. The van der Waals surface area contributed by atoms with Crippen molar-refractivity contribution < 1.29 is 14.3 Å². The first-order valence-corrected chi connectivity index (χ1v) is 13.7. The van der Waals surface area contributed by atoms with Crippen LogP contribution in [-0.4, -0.2) is 75.0 Å². The van der Waals surface area contributed by atoms with Gasteiger partial charge in [-0.3, -0.25) is 9.59 Å². The number of aryl methyl sites for hydroxylation is 2. The molecule has 190 valence electrons. The number of amides is 2. The van der Waals surface area contributed by atoms with Crippen LogP contribution in [0, 0.1) is 18.8 Å². The van der Waals surface area contributed by atoms with Gasteiger partial charge in [-0.25, -0.2) is 15.0 Å². The lowest BCUT2D eigenvalue weighted by Gasteiger charge is -2.35. The highest BCUT2D eigenvalue weighted by molar-refractivity contribution is 7.15. The average molecular weight is 509 g/mol. The zero-order chi connectivity index (χ0) is 25.0. The Hall–Kier alpha value is -2.85. The Balaban J connectivity index is 1.12. The third kappa shape index (κ3) is 3.91. The summed E-state index contributed by atoms with van der Waals surface area (Å²) in [6, 6.07) is 1.94. The van der Waals surface area contributed by atoms with E-state index in [1.54, 1.807) is 23.3 Å². The predicted molar refractivity (Wildman–Crippen MR) is 136 cm³/mol. The number of likely N-dealkylation sites (N-methyl/N-ethyl adjacent to an activating group) is 1. The number of carbonyl (C=O) groups excluding carboxylic acids is 2. The van der Waals surface area contributed by atoms with Crippen LogP contribution in [0.1, 0.15) is 48.5 Å². The van der Waals surface area contributed by atoms with Crippen molar-refractivity contribution in [2.45, 2.75) is 57.2 Å². The molecule has 10 heteroatoms. The first kappa shape index (κ1) is 23.5. The molecule has 3 saturated heterocycles. The summed E-state index contributed by atoms with van der Waals surface area (Å²) in [4.78, 5) is 45.3. The number of rotatable bonds is 6. The second-order valence-corrected chi connectivity index (χ2v) is 11.6. The van der Waals surface area contributed by atoms with Crippen LogP contribution in [0.5, 0.6) is 0 Å². The van der Waals surface area contributed by atoms with Crippen LogP contribution >= 0.6 is 11.3 Å². The van der Waals surface area contributed by atoms with Crippen LogP contribution in [0.4, 0.5) is 10.9 Å². The third-order valence-corrected chi connectivity index (χ3v) is 8.88. The van der Waals surface area contributed by atoms with Crippen molar-refractivity contribution in [2.24, 2.45) is 11.8 Å². The molecule has 0 aromatic carbocycles. The minimum Gasteiger partial charge on any atom is -0.360 e. The van der Waals surface area contributed by atoms with Gasteiger partial charge in [0.1, 0.15) is 17.2 Å². The number of thiazole rings is 1. The number of carbonyl (C=O) groups is 2. The number of nitrogens with zero attached hydrogens (tertiary/aromatic N) is 5. The van der Waals surface area contributed by atoms with Crippen LogP contribution in [0.2, 0.25) is 0 Å². The summed E-state index contributed by atoms with van der Waals surface area (Å²) >= 11 is 1.66. The van der Waals surface area contributed by atoms with Crippen molar-refractivity contribution in [3.63, 3.8) is 0 Å². The van der Waals surface area contributed by atoms with E-state index in [2.05, 4.69) is 17.2 Å². The SMILES string of the molecule is CCCc1cnc(Nc2cc(C)nc(C3CCN(C(=O)[C@@H]4[C@H]5C(=O)N(C)C[C@@]56C=C[C@H]4O6)CC3)n2)s1. The molecule has 1 spiro atoms. The van der Waals surface area contributed by atoms with Crippen LogP contribution < -0.4 is 5.32 Å². The molecule has 0 saturated carbocycles. The molecule has 2 aromatic heterocycles. The molecule has 9 nitrogen and oxygen atoms in total. The fourth-order valence-corrected chi connectivity index (χ4v) is 7.14. The zero-order valence-electron chi connectivity index (χ0n) is 20.9. The Kier molecular flexibility index (Phi) is 5.83. The van der Waals surface area contributed by atoms with E-state index in [-0.39, 0.29) is 23.8 Å². The minimum absolute atomic E-state index is 0.0188. The lowest BCUT2D eigenvalue weighted by Crippen LogP contribution is -2.48. The van der Waals surface area contributed by atoms with Crippen molar-refractivity contribution in [1.82, 2.24) is 24.8 Å². The molecule has 0 aliphatic carbocycles. The summed E-state index contributed by atoms with van der Waals surface area (Å²) in [6.07, 6.45) is 9.32. The molecule has 3 fully saturated rings. The van der Waals surface area contributed by atoms with E-state index in [1.807, 2.05) is 36.2 Å². The van der Waals surface area contributed by atoms with Gasteiger partial charge in [0.05, 0.1) is 24.5 Å². The summed E-state index contributed by atoms with van der Waals surface area (Å²) in [5.74, 6) is 0.985. The fraction of sp³-hybridized carbons (Fsp3) is 0.577. The standard InChI is InChI=1S/C26H32N6O3S/c1-4-5-17-13-27-25(36-17)30-19-12-15(2)28-22(29-19)16-7-10-32(11-8-16)23(33)20-18-6-9-26(35-18)14-31(3)24(34)21(20)26/h6,9,12-13,16,18,20-21H,4-5,7-8,10-11,14H2,1-3H3,(H,27,28,29,30)/t18-,20+,21+,26+/m1/s1. The van der Waals surface area contributed by atoms with Crippen molar-refractivity contribution >= 4 is 34.1 Å². The molecular formula is C26H32N6O3S. The summed E-state index contributed by atoms with van der Waals surface area (Å²) in [6.45, 7) is 5.93. The first-order valence-electron chi connectivity index (χ1n) is 12.8. The molecule has 0 radical (unpaired) electrons. The topological polar surface area (TPSA) is 101 Å². The van der Waals surface area contributed by atoms with Gasteiger partial charge >= 0.3 is 0 Å². The minimum atomic E-state index is -0.622. The average Bonchev–Trinajstić information content (AvgIpc) is 3.61. The van der Waals surface area contributed by atoms with Gasteiger partial charge in [0.2, 0.25) is 11.8 Å². The Morgan fingerprint density at radius 2 is 2.11 bits per heavy atom. The molecule has 2 bridgehead atoms. The molecule has 6 heterocycles. The van der Waals surface area contributed by atoms with Gasteiger partial charge in [-0.15, -0.1) is 11.3 Å². The van der Waals surface area contributed by atoms with Crippen LogP contribution in [-0.2, 0) is 20.7 Å². The summed E-state index contributed by atoms with van der Waals surface area (Å²) in [5, 5.41) is 4.19. The van der Waals surface area contributed by atoms with E-state index in [0.29, 0.717) is 19.6 Å². The molecule has 4 atom stereocenters. The van der Waals surface area contributed by atoms with E-state index >= 15 is 0 Å². The molecule has 0 unspecified atom stereocenters. The van der Waals surface area contributed by atoms with Crippen molar-refractivity contribution in [1.29, 1.82) is 0 Å². The van der Waals surface area contributed by atoms with Gasteiger partial charge in [-0.2, -0.15) is 0 Å². The highest BCUT2D eigenvalue weighted by atomic mass is 32.1. The normalized spacial score (nSPS) is 29.3. The number of piperidine rings is 1. The fourth-order valence-electron chi connectivity index (χ4n) is 6.22. The lowest BCUT2D eigenvalue weighted by atomic mass is 9.76. The summed E-state index contributed by atoms with van der Waals surface area (Å²) in [5.41, 5.74) is 0.286. The Morgan fingerprint density at radius 1 is 1.31 bits per heavy atom. The Morgan fingerprint density at radius 3 is 2.89 bits per heavy atom. The van der Waals surface area contributed by atoms with Crippen LogP contribution in [0.15, 0.2) is 24.4 Å². The van der Waals surface area contributed by atoms with Crippen molar-refractivity contribution in [2.75, 3.05) is 32.0 Å². The maximum atomic E-state index is 13.6. The van der Waals surface area contributed by atoms with Crippen molar-refractivity contribution in [3.8, 4) is 0 Å². The van der Waals surface area contributed by atoms with E-state index in [0.717, 1.165) is 48.2 Å². The molecule has 36 heavy (non-hydrogen) atoms. The lowest BCUT2D eigenvalue weighted by molar-refractivity contribution is -0.143. The summed E-state index contributed by atoms with van der Waals surface area (Å²) < 4.78 is 6.18. The second kappa shape index (κ2) is 8.92. The molecule has 2 aromatic rings. The van der Waals surface area contributed by atoms with Crippen LogP contribution in [0.3, 0.4) is 0 Å². The predicted octanol–water partition coefficient (Wildman–Crippen LogP) is 3.06. The van der Waals surface area contributed by atoms with E-state index in [1.165, 1.54) is 4.88 Å². The molecule has 2 amide bonds. The number of hydrogen-bond donors (Lipinski definition) is 1. The van der Waals surface area contributed by atoms with Gasteiger partial charge in [-0.05, 0) is 26.2 Å². The highest BCUT2D eigenvalue weighted by Gasteiger charge is 2.66. The van der Waals surface area contributed by atoms with E-state index < -0.39 is 17.4 Å². The van der Waals surface area contributed by atoms with E-state index in [9.17, 15) is 9.59 Å². The quantitative estimate of drug-likeness (QED) is 0.599. The van der Waals surface area contributed by atoms with Gasteiger partial charge in [-0.1, -0.05) is 25.5 Å². The Bertz CT molecular complexity index is 1220. The number of likely N-dealkylation sites (tertiary alicyclic amines) is 2. The van der Waals surface area contributed by atoms with Crippen LogP contribution in [0.25, 0.3) is 0 Å². The van der Waals surface area contributed by atoms with Gasteiger partial charge in [0.15, 0.2) is 5.13 Å². The molecule has 4 aliphatic rings. The van der Waals surface area contributed by atoms with E-state index in [4.69, 9.17) is 14.7 Å². The van der Waals surface area contributed by atoms with Gasteiger partial charge < -0.3 is 19.9 Å². The van der Waals surface area contributed by atoms with Gasteiger partial charge in [0.25, 0.3) is 0 Å². The van der Waals surface area contributed by atoms with Gasteiger partial charge in [0, 0.05) is 48.9 Å². The number of hydrogen-bond acceptors (Lipinski definition) is 8. The highest BCUT2D eigenvalue weighted by Crippen LogP contribution is 2.52. The zero-order valence-corrected chi connectivity index (χ0v) is 21.8. The Labute approximate surface area is 215 Å². The number of fused-ring (bicyclic) bond motifs is 1. The number of anilines is 2. The molecular weight excluding hydrogens is 476 g/mol. The van der Waals surface area contributed by atoms with Crippen molar-refractivity contribution in [3.05, 3.63) is 40.8 Å². The summed E-state index contributed by atoms with van der Waals surface area (Å²) in [7, 11) is 1.79. The molecule has 1 N–H and O–H groups in total. The smallest absolute Gasteiger partial charge is 0.229 e. The largest absolute Gasteiger partial charge is 0.360 e. The molecule has 4 aliphatic heterocycles. The maximum absolute atomic E-state index is 13.6. The number of nitrogens with one attached hydrogen (secondary N) is 1.